The number of nitrogens with one attached hydrogen (secondary N) is 1. The molecule has 1 aliphatic carbocycles. The van der Waals surface area contributed by atoms with E-state index in [4.69, 9.17) is 15.2 Å². The van der Waals surface area contributed by atoms with Gasteiger partial charge in [-0.2, -0.15) is 0 Å². The molecule has 1 amide bonds. The lowest BCUT2D eigenvalue weighted by atomic mass is 10.00. The minimum absolute atomic E-state index is 0. The van der Waals surface area contributed by atoms with Gasteiger partial charge in [0.1, 0.15) is 0 Å². The van der Waals surface area contributed by atoms with Crippen molar-refractivity contribution in [2.24, 2.45) is 0 Å². The summed E-state index contributed by atoms with van der Waals surface area (Å²) in [6.45, 7) is 0.184. The van der Waals surface area contributed by atoms with Crippen LogP contribution in [-0.2, 0) is 12.8 Å². The van der Waals surface area contributed by atoms with Gasteiger partial charge in [-0.05, 0) is 37.3 Å². The van der Waals surface area contributed by atoms with Gasteiger partial charge in [-0.25, -0.2) is 0 Å². The Hall–Kier alpha value is -1.92. The second-order valence-electron chi connectivity index (χ2n) is 6.22. The molecule has 0 bridgehead atoms. The van der Waals surface area contributed by atoms with Crippen LogP contribution in [-0.4, -0.2) is 12.7 Å². The molecule has 2 heterocycles. The summed E-state index contributed by atoms with van der Waals surface area (Å²) in [6.07, 6.45) is 7.14. The Morgan fingerprint density at radius 3 is 2.56 bits per heavy atom. The van der Waals surface area contributed by atoms with Crippen molar-refractivity contribution in [1.82, 2.24) is 0 Å². The molecular formula is C18H21ClN2O3S. The molecule has 5 nitrogen and oxygen atoms in total. The van der Waals surface area contributed by atoms with Gasteiger partial charge in [0.05, 0.1) is 16.3 Å². The highest BCUT2D eigenvalue weighted by Gasteiger charge is 2.20. The van der Waals surface area contributed by atoms with Crippen LogP contribution in [0.5, 0.6) is 11.5 Å². The van der Waals surface area contributed by atoms with Crippen molar-refractivity contribution >= 4 is 41.0 Å². The zero-order chi connectivity index (χ0) is 16.5. The first-order valence-electron chi connectivity index (χ1n) is 8.33. The van der Waals surface area contributed by atoms with Crippen LogP contribution in [0.2, 0.25) is 0 Å². The number of hydrogen-bond donors (Lipinski definition) is 2. The molecule has 0 saturated heterocycles. The van der Waals surface area contributed by atoms with E-state index >= 15 is 0 Å². The molecule has 134 valence electrons. The van der Waals surface area contributed by atoms with E-state index in [0.717, 1.165) is 17.7 Å². The van der Waals surface area contributed by atoms with Crippen molar-refractivity contribution < 1.29 is 14.3 Å². The number of fused-ring (bicyclic) bond motifs is 2. The Bertz CT molecular complexity index is 765. The van der Waals surface area contributed by atoms with Crippen molar-refractivity contribution in [2.75, 3.05) is 17.8 Å². The highest BCUT2D eigenvalue weighted by Crippen LogP contribution is 2.38. The van der Waals surface area contributed by atoms with E-state index in [2.05, 4.69) is 5.32 Å². The fourth-order valence-corrected chi connectivity index (χ4v) is 4.35. The number of nitrogens with two attached hydrogens (primary N) is 1. The van der Waals surface area contributed by atoms with Gasteiger partial charge in [-0.3, -0.25) is 4.79 Å². The predicted octanol–water partition coefficient (Wildman–Crippen LogP) is 4.39. The molecule has 7 heteroatoms. The fourth-order valence-electron chi connectivity index (χ4n) is 3.21. The third-order valence-electron chi connectivity index (χ3n) is 4.51. The first kappa shape index (κ1) is 17.9. The molecule has 0 spiro atoms. The van der Waals surface area contributed by atoms with E-state index in [1.807, 2.05) is 6.07 Å². The van der Waals surface area contributed by atoms with E-state index in [-0.39, 0.29) is 25.1 Å². The van der Waals surface area contributed by atoms with Gasteiger partial charge in [0.15, 0.2) is 11.5 Å². The van der Waals surface area contributed by atoms with E-state index in [9.17, 15) is 4.79 Å². The van der Waals surface area contributed by atoms with Crippen LogP contribution in [0.25, 0.3) is 0 Å². The number of thiophene rings is 1. The third kappa shape index (κ3) is 3.70. The lowest BCUT2D eigenvalue weighted by molar-refractivity contribution is 0.103. The van der Waals surface area contributed by atoms with Crippen molar-refractivity contribution in [3.63, 3.8) is 0 Å². The molecule has 25 heavy (non-hydrogen) atoms. The summed E-state index contributed by atoms with van der Waals surface area (Å²) < 4.78 is 10.6. The Morgan fingerprint density at radius 2 is 1.76 bits per heavy atom. The van der Waals surface area contributed by atoms with Crippen LogP contribution in [0.4, 0.5) is 11.4 Å². The average molecular weight is 381 g/mol. The van der Waals surface area contributed by atoms with E-state index < -0.39 is 0 Å². The Labute approximate surface area is 156 Å². The summed E-state index contributed by atoms with van der Waals surface area (Å²) in [7, 11) is 0. The molecule has 1 aromatic heterocycles. The Morgan fingerprint density at radius 1 is 1.04 bits per heavy atom. The average Bonchev–Trinajstić information content (AvgIpc) is 3.14. The number of hydrogen-bond acceptors (Lipinski definition) is 5. The lowest BCUT2D eigenvalue weighted by Crippen LogP contribution is -2.11. The molecule has 0 radical (unpaired) electrons. The van der Waals surface area contributed by atoms with Gasteiger partial charge in [-0.1, -0.05) is 12.8 Å². The first-order valence-corrected chi connectivity index (χ1v) is 9.14. The maximum absolute atomic E-state index is 12.6. The molecule has 0 atom stereocenters. The molecule has 1 aromatic carbocycles. The van der Waals surface area contributed by atoms with Crippen molar-refractivity contribution in [3.8, 4) is 11.5 Å². The number of rotatable bonds is 2. The largest absolute Gasteiger partial charge is 0.454 e. The van der Waals surface area contributed by atoms with Crippen molar-refractivity contribution in [2.45, 2.75) is 38.5 Å². The minimum Gasteiger partial charge on any atom is -0.454 e. The van der Waals surface area contributed by atoms with Gasteiger partial charge in [0.2, 0.25) is 6.79 Å². The number of amides is 1. The van der Waals surface area contributed by atoms with Gasteiger partial charge in [0.25, 0.3) is 5.91 Å². The number of ether oxygens (including phenoxy) is 2. The maximum atomic E-state index is 12.6. The number of halogens is 1. The third-order valence-corrected chi connectivity index (χ3v) is 5.75. The number of carbonyl (C=O) groups excluding carboxylic acids is 1. The number of nitrogen functional groups attached to an aromatic ring is 1. The second kappa shape index (κ2) is 7.54. The van der Waals surface area contributed by atoms with Gasteiger partial charge in [0, 0.05) is 17.0 Å². The minimum atomic E-state index is -0.114. The monoisotopic (exact) mass is 380 g/mol. The van der Waals surface area contributed by atoms with Gasteiger partial charge in [-0.15, -0.1) is 23.7 Å². The smallest absolute Gasteiger partial charge is 0.265 e. The standard InChI is InChI=1S/C18H20N2O3S.ClH/c19-12-8-14-15(23-10-22-14)9-13(12)20-18(21)17-7-11-5-3-1-2-4-6-16(11)24-17;/h7-9H,1-6,10,19H2,(H,20,21);1H. The molecular weight excluding hydrogens is 360 g/mol. The fraction of sp³-hybridized carbons (Fsp3) is 0.389. The molecule has 4 rings (SSSR count). The first-order chi connectivity index (χ1) is 11.7. The van der Waals surface area contributed by atoms with Crippen LogP contribution >= 0.6 is 23.7 Å². The zero-order valence-corrected chi connectivity index (χ0v) is 15.4. The number of benzene rings is 1. The molecule has 1 aliphatic heterocycles. The number of aryl methyl sites for hydroxylation is 2. The maximum Gasteiger partial charge on any atom is 0.265 e. The molecule has 3 N–H and O–H groups in total. The summed E-state index contributed by atoms with van der Waals surface area (Å²) in [5.74, 6) is 1.11. The van der Waals surface area contributed by atoms with E-state index in [0.29, 0.717) is 22.9 Å². The lowest BCUT2D eigenvalue weighted by Gasteiger charge is -2.08. The normalized spacial score (nSPS) is 15.5. The topological polar surface area (TPSA) is 73.6 Å². The van der Waals surface area contributed by atoms with Crippen LogP contribution in [0.15, 0.2) is 18.2 Å². The summed E-state index contributed by atoms with van der Waals surface area (Å²) in [5, 5.41) is 2.91. The van der Waals surface area contributed by atoms with Gasteiger partial charge >= 0.3 is 0 Å². The summed E-state index contributed by atoms with van der Waals surface area (Å²) in [5.41, 5.74) is 8.38. The molecule has 0 fully saturated rings. The quantitative estimate of drug-likeness (QED) is 0.757. The van der Waals surface area contributed by atoms with Crippen LogP contribution < -0.4 is 20.5 Å². The van der Waals surface area contributed by atoms with Crippen LogP contribution in [0.3, 0.4) is 0 Å². The summed E-state index contributed by atoms with van der Waals surface area (Å²) in [6, 6.07) is 5.45. The summed E-state index contributed by atoms with van der Waals surface area (Å²) >= 11 is 1.61. The van der Waals surface area contributed by atoms with E-state index in [1.165, 1.54) is 36.1 Å². The molecule has 2 aliphatic rings. The highest BCUT2D eigenvalue weighted by molar-refractivity contribution is 7.14. The van der Waals surface area contributed by atoms with Gasteiger partial charge < -0.3 is 20.5 Å². The Kier molecular flexibility index (Phi) is 5.39. The number of carbonyl (C=O) groups is 1. The van der Waals surface area contributed by atoms with E-state index in [1.54, 1.807) is 23.5 Å². The second-order valence-corrected chi connectivity index (χ2v) is 7.36. The molecule has 0 unspecified atom stereocenters. The zero-order valence-electron chi connectivity index (χ0n) is 13.8. The van der Waals surface area contributed by atoms with Crippen molar-refractivity contribution in [3.05, 3.63) is 33.5 Å². The molecule has 0 saturated carbocycles. The summed E-state index contributed by atoms with van der Waals surface area (Å²) in [4.78, 5) is 14.7. The van der Waals surface area contributed by atoms with Crippen molar-refractivity contribution in [1.29, 1.82) is 0 Å². The molecule has 2 aromatic rings. The SMILES string of the molecule is Cl.Nc1cc2c(cc1NC(=O)c1cc3c(s1)CCCCCC3)OCO2. The number of anilines is 2. The Balaban J connectivity index is 0.00000182. The van der Waals surface area contributed by atoms with Crippen LogP contribution in [0.1, 0.15) is 45.8 Å². The highest BCUT2D eigenvalue weighted by atomic mass is 35.5. The predicted molar refractivity (Wildman–Crippen MR) is 102 cm³/mol. The van der Waals surface area contributed by atoms with Crippen LogP contribution in [0, 0.1) is 0 Å².